The molecule has 0 aliphatic rings. The van der Waals surface area contributed by atoms with Gasteiger partial charge in [0, 0.05) is 16.7 Å². The number of aromatic hydroxyl groups is 1. The Hall–Kier alpha value is -4.02. The van der Waals surface area contributed by atoms with Crippen LogP contribution in [-0.2, 0) is 9.53 Å². The van der Waals surface area contributed by atoms with Gasteiger partial charge in [-0.1, -0.05) is 24.3 Å². The number of hydrogen-bond donors (Lipinski definition) is 4. The number of carbonyl (C=O) groups excluding carboxylic acids is 2. The lowest BCUT2D eigenvalue weighted by Crippen LogP contribution is -2.30. The first kappa shape index (κ1) is 25.6. The highest BCUT2D eigenvalue weighted by atomic mass is 32.2. The topological polar surface area (TPSA) is 117 Å². The van der Waals surface area contributed by atoms with Gasteiger partial charge in [0.05, 0.1) is 0 Å². The summed E-state index contributed by atoms with van der Waals surface area (Å²) >= 11 is 1.55. The Morgan fingerprint density at radius 2 is 1.77 bits per heavy atom. The van der Waals surface area contributed by atoms with E-state index in [0.717, 1.165) is 23.1 Å². The van der Waals surface area contributed by atoms with E-state index in [-0.39, 0.29) is 5.56 Å². The lowest BCUT2D eigenvalue weighted by Gasteiger charge is -2.26. The minimum Gasteiger partial charge on any atom is -0.505 e. The fourth-order valence-corrected chi connectivity index (χ4v) is 3.45. The van der Waals surface area contributed by atoms with Crippen molar-refractivity contribution < 1.29 is 33.8 Å². The minimum absolute atomic E-state index is 0.156. The van der Waals surface area contributed by atoms with E-state index in [4.69, 9.17) is 14.7 Å². The average molecular weight is 499 g/mol. The fourth-order valence-electron chi connectivity index (χ4n) is 3.04. The first-order chi connectivity index (χ1) is 16.9. The molecule has 8 nitrogen and oxygen atoms in total. The fraction of sp³-hybridized carbons (Fsp3) is 0.120. The molecule has 35 heavy (non-hydrogen) atoms. The van der Waals surface area contributed by atoms with Crippen LogP contribution in [-0.4, -0.2) is 34.7 Å². The average Bonchev–Trinajstić information content (AvgIpc) is 2.87. The highest BCUT2D eigenvalue weighted by Crippen LogP contribution is 2.30. The van der Waals surface area contributed by atoms with Gasteiger partial charge in [-0.3, -0.25) is 15.3 Å². The number of anilines is 1. The third-order valence-electron chi connectivity index (χ3n) is 4.73. The van der Waals surface area contributed by atoms with Gasteiger partial charge in [-0.25, -0.2) is 14.7 Å². The van der Waals surface area contributed by atoms with Crippen LogP contribution in [0.2, 0.25) is 0 Å². The summed E-state index contributed by atoms with van der Waals surface area (Å²) in [6.45, 7) is 0. The number of carbonyl (C=O) groups is 2. The van der Waals surface area contributed by atoms with E-state index in [1.54, 1.807) is 54.2 Å². The number of hydrogen-bond acceptors (Lipinski definition) is 7. The molecule has 182 valence electrons. The number of para-hydroxylation sites is 1. The minimum atomic E-state index is -1.25. The maximum absolute atomic E-state index is 14.2. The highest BCUT2D eigenvalue weighted by Gasteiger charge is 2.29. The number of phenols is 1. The van der Waals surface area contributed by atoms with Crippen LogP contribution in [0.1, 0.15) is 11.7 Å². The largest absolute Gasteiger partial charge is 0.505 e. The Kier molecular flexibility index (Phi) is 9.10. The molecule has 3 rings (SSSR count). The van der Waals surface area contributed by atoms with Crippen molar-refractivity contribution in [3.63, 3.8) is 0 Å². The molecule has 2 amide bonds. The predicted molar refractivity (Wildman–Crippen MR) is 129 cm³/mol. The molecular formula is C25H23FN2O6S. The van der Waals surface area contributed by atoms with Crippen molar-refractivity contribution in [2.45, 2.75) is 17.1 Å². The van der Waals surface area contributed by atoms with E-state index in [9.17, 15) is 19.1 Å². The Bertz CT molecular complexity index is 1170. The van der Waals surface area contributed by atoms with Crippen molar-refractivity contribution in [1.29, 1.82) is 0 Å². The summed E-state index contributed by atoms with van der Waals surface area (Å²) in [5.74, 6) is -1.98. The zero-order valence-corrected chi connectivity index (χ0v) is 19.4. The van der Waals surface area contributed by atoms with E-state index < -0.39 is 35.8 Å². The van der Waals surface area contributed by atoms with Crippen molar-refractivity contribution >= 4 is 29.4 Å². The summed E-state index contributed by atoms with van der Waals surface area (Å²) < 4.78 is 25.7. The van der Waals surface area contributed by atoms with E-state index >= 15 is 0 Å². The Labute approximate surface area is 205 Å². The number of phenolic OH excluding ortho intramolecular Hbond substituents is 1. The summed E-state index contributed by atoms with van der Waals surface area (Å²) in [7, 11) is 0. The van der Waals surface area contributed by atoms with Crippen molar-refractivity contribution in [3.05, 3.63) is 96.3 Å². The molecule has 0 radical (unpaired) electrons. The van der Waals surface area contributed by atoms with Gasteiger partial charge in [0.1, 0.15) is 5.75 Å². The molecule has 10 heteroatoms. The molecule has 0 saturated heterocycles. The molecular weight excluding hydrogens is 475 g/mol. The number of nitrogens with one attached hydrogen (secondary N) is 2. The summed E-state index contributed by atoms with van der Waals surface area (Å²) in [5, 5.41) is 21.0. The van der Waals surface area contributed by atoms with Gasteiger partial charge in [0.25, 0.3) is 5.91 Å². The lowest BCUT2D eigenvalue weighted by atomic mass is 10.0. The maximum atomic E-state index is 14.2. The number of rotatable bonds is 9. The third kappa shape index (κ3) is 7.49. The number of benzene rings is 3. The number of ether oxygens (including phenoxy) is 2. The second-order valence-corrected chi connectivity index (χ2v) is 8.00. The number of amides is 2. The molecule has 0 fully saturated rings. The molecule has 0 saturated carbocycles. The Balaban J connectivity index is 1.94. The Morgan fingerprint density at radius 3 is 2.40 bits per heavy atom. The Morgan fingerprint density at radius 1 is 1.06 bits per heavy atom. The maximum Gasteiger partial charge on any atom is 0.412 e. The zero-order chi connectivity index (χ0) is 25.2. The van der Waals surface area contributed by atoms with Gasteiger partial charge < -0.3 is 14.6 Å². The molecule has 4 N–H and O–H groups in total. The van der Waals surface area contributed by atoms with E-state index in [1.165, 1.54) is 17.6 Å². The number of halogens is 1. The van der Waals surface area contributed by atoms with Gasteiger partial charge in [-0.2, -0.15) is 0 Å². The van der Waals surface area contributed by atoms with E-state index in [2.05, 4.69) is 5.32 Å². The summed E-state index contributed by atoms with van der Waals surface area (Å²) in [5.41, 5.74) is 2.09. The summed E-state index contributed by atoms with van der Waals surface area (Å²) in [6.07, 6.45) is 0.938. The first-order valence-corrected chi connectivity index (χ1v) is 11.6. The van der Waals surface area contributed by atoms with Crippen LogP contribution in [0.5, 0.6) is 11.5 Å². The SMILES string of the molecule is CSc1ccc(NC(=O)O[C@H](c2ccc(O)c(F)c2)[C@@H](/C=C/C(=O)NO)Oc2ccccc2)cc1. The first-order valence-electron chi connectivity index (χ1n) is 10.3. The lowest BCUT2D eigenvalue weighted by molar-refractivity contribution is -0.124. The zero-order valence-electron chi connectivity index (χ0n) is 18.6. The van der Waals surface area contributed by atoms with Crippen LogP contribution in [0, 0.1) is 5.82 Å². The molecule has 0 unspecified atom stereocenters. The summed E-state index contributed by atoms with van der Waals surface area (Å²) in [6, 6.07) is 19.0. The van der Waals surface area contributed by atoms with Gasteiger partial charge in [-0.05, 0) is 66.4 Å². The van der Waals surface area contributed by atoms with E-state index in [1.807, 2.05) is 18.4 Å². The number of hydroxylamine groups is 1. The van der Waals surface area contributed by atoms with E-state index in [0.29, 0.717) is 11.4 Å². The molecule has 3 aromatic carbocycles. The quantitative estimate of drug-likeness (QED) is 0.141. The molecule has 3 aromatic rings. The van der Waals surface area contributed by atoms with Gasteiger partial charge >= 0.3 is 6.09 Å². The van der Waals surface area contributed by atoms with Crippen molar-refractivity contribution in [3.8, 4) is 11.5 Å². The van der Waals surface area contributed by atoms with Gasteiger partial charge in [-0.15, -0.1) is 11.8 Å². The van der Waals surface area contributed by atoms with Gasteiger partial charge in [0.2, 0.25) is 0 Å². The molecule has 0 aliphatic heterocycles. The van der Waals surface area contributed by atoms with Crippen LogP contribution < -0.4 is 15.5 Å². The molecule has 0 heterocycles. The second kappa shape index (κ2) is 12.4. The molecule has 0 spiro atoms. The third-order valence-corrected chi connectivity index (χ3v) is 5.48. The van der Waals surface area contributed by atoms with Crippen molar-refractivity contribution in [2.75, 3.05) is 11.6 Å². The monoisotopic (exact) mass is 498 g/mol. The van der Waals surface area contributed by atoms with Crippen LogP contribution in [0.4, 0.5) is 14.9 Å². The highest BCUT2D eigenvalue weighted by molar-refractivity contribution is 7.98. The van der Waals surface area contributed by atoms with Crippen molar-refractivity contribution in [1.82, 2.24) is 5.48 Å². The van der Waals surface area contributed by atoms with Crippen LogP contribution in [0.25, 0.3) is 0 Å². The second-order valence-electron chi connectivity index (χ2n) is 7.12. The summed E-state index contributed by atoms with van der Waals surface area (Å²) in [4.78, 5) is 25.4. The molecule has 0 aliphatic carbocycles. The van der Waals surface area contributed by atoms with Crippen LogP contribution in [0.15, 0.2) is 89.8 Å². The van der Waals surface area contributed by atoms with Crippen LogP contribution >= 0.6 is 11.8 Å². The normalized spacial score (nSPS) is 12.5. The molecule has 0 bridgehead atoms. The predicted octanol–water partition coefficient (Wildman–Crippen LogP) is 5.05. The molecule has 2 atom stereocenters. The smallest absolute Gasteiger partial charge is 0.412 e. The van der Waals surface area contributed by atoms with Crippen molar-refractivity contribution in [2.24, 2.45) is 0 Å². The van der Waals surface area contributed by atoms with Gasteiger partial charge in [0.15, 0.2) is 23.8 Å². The molecule has 0 aromatic heterocycles. The number of thioether (sulfide) groups is 1. The van der Waals surface area contributed by atoms with Crippen LogP contribution in [0.3, 0.4) is 0 Å². The standard InChI is InChI=1S/C25H23FN2O6S/c1-35-19-10-8-17(9-11-19)27-25(31)34-24(16-7-12-21(29)20(26)15-16)22(13-14-23(30)28-32)33-18-5-3-2-4-6-18/h2-15,22,24,29,32H,1H3,(H,27,31)(H,28,30)/b14-13+/t22-,24-/m1/s1.